The number of rotatable bonds is 6. The maximum Gasteiger partial charge on any atom is 0.225 e. The Labute approximate surface area is 136 Å². The number of ether oxygens (including phenoxy) is 1. The number of fused-ring (bicyclic) bond motifs is 2. The number of nitrogens with one attached hydrogen (secondary N) is 1. The molecule has 3 fully saturated rings. The monoisotopic (exact) mass is 344 g/mol. The summed E-state index contributed by atoms with van der Waals surface area (Å²) in [5, 5.41) is 2.99. The zero-order valence-corrected chi connectivity index (χ0v) is 14.2. The van der Waals surface area contributed by atoms with Gasteiger partial charge in [0.05, 0.1) is 23.9 Å². The topological polar surface area (TPSA) is 92.8 Å². The van der Waals surface area contributed by atoms with E-state index < -0.39 is 9.84 Å². The Bertz CT molecular complexity index is 587. The zero-order chi connectivity index (χ0) is 16.6. The highest BCUT2D eigenvalue weighted by Crippen LogP contribution is 2.33. The molecule has 2 bridgehead atoms. The lowest BCUT2D eigenvalue weighted by Gasteiger charge is -2.32. The lowest BCUT2D eigenvalue weighted by molar-refractivity contribution is -0.142. The van der Waals surface area contributed by atoms with E-state index in [1.54, 1.807) is 4.90 Å². The number of morpholine rings is 1. The number of amides is 2. The van der Waals surface area contributed by atoms with Crippen LogP contribution in [0.2, 0.25) is 0 Å². The van der Waals surface area contributed by atoms with Crippen LogP contribution in [0.5, 0.6) is 0 Å². The summed E-state index contributed by atoms with van der Waals surface area (Å²) in [4.78, 5) is 26.1. The first kappa shape index (κ1) is 16.7. The van der Waals surface area contributed by atoms with Crippen LogP contribution in [0.4, 0.5) is 0 Å². The maximum absolute atomic E-state index is 12.3. The molecule has 3 rings (SSSR count). The molecule has 0 aromatic rings. The van der Waals surface area contributed by atoms with E-state index in [2.05, 4.69) is 5.32 Å². The number of nitrogens with zero attached hydrogens (tertiary/aromatic N) is 1. The fourth-order valence-corrected chi connectivity index (χ4v) is 3.81. The number of hydrogen-bond acceptors (Lipinski definition) is 5. The smallest absolute Gasteiger partial charge is 0.225 e. The van der Waals surface area contributed by atoms with Crippen molar-refractivity contribution >= 4 is 21.7 Å². The quantitative estimate of drug-likeness (QED) is 0.705. The Morgan fingerprint density at radius 2 is 2.00 bits per heavy atom. The first-order chi connectivity index (χ1) is 10.8. The van der Waals surface area contributed by atoms with Gasteiger partial charge in [0.25, 0.3) is 0 Å². The highest BCUT2D eigenvalue weighted by atomic mass is 32.2. The number of likely N-dealkylation sites (tertiary alicyclic amines) is 1. The molecule has 1 N–H and O–H groups in total. The van der Waals surface area contributed by atoms with Crippen LogP contribution in [0.1, 0.15) is 25.7 Å². The highest BCUT2D eigenvalue weighted by molar-refractivity contribution is 7.90. The van der Waals surface area contributed by atoms with Crippen molar-refractivity contribution in [3.05, 3.63) is 0 Å². The number of hydrogen-bond donors (Lipinski definition) is 1. The van der Waals surface area contributed by atoms with Crippen molar-refractivity contribution in [1.82, 2.24) is 10.2 Å². The Kier molecular flexibility index (Phi) is 4.64. The molecule has 3 aliphatic rings. The highest BCUT2D eigenvalue weighted by Gasteiger charge is 2.45. The second-order valence-electron chi connectivity index (χ2n) is 7.01. The minimum Gasteiger partial charge on any atom is -0.370 e. The summed E-state index contributed by atoms with van der Waals surface area (Å²) >= 11 is 0. The Morgan fingerprint density at radius 3 is 2.65 bits per heavy atom. The SMILES string of the molecule is CS(=O)(=O)CCC(=O)N1CC2CC(C(=O)NCC3CC3)C(C1)O2. The number of carbonyl (C=O) groups is 2. The standard InChI is InChI=1S/C15H24N2O5S/c1-23(20,21)5-4-14(18)17-8-11-6-12(13(9-17)22-11)15(19)16-7-10-2-3-10/h10-13H,2-9H2,1H3,(H,16,19). The van der Waals surface area contributed by atoms with E-state index in [9.17, 15) is 18.0 Å². The predicted molar refractivity (Wildman–Crippen MR) is 83.4 cm³/mol. The van der Waals surface area contributed by atoms with E-state index >= 15 is 0 Å². The molecule has 7 nitrogen and oxygen atoms in total. The van der Waals surface area contributed by atoms with Crippen molar-refractivity contribution in [2.45, 2.75) is 37.9 Å². The zero-order valence-electron chi connectivity index (χ0n) is 13.4. The van der Waals surface area contributed by atoms with Gasteiger partial charge in [-0.1, -0.05) is 0 Å². The third-order valence-electron chi connectivity index (χ3n) is 4.80. The van der Waals surface area contributed by atoms with E-state index in [0.29, 0.717) is 25.4 Å². The second-order valence-corrected chi connectivity index (χ2v) is 9.27. The molecule has 0 spiro atoms. The minimum atomic E-state index is -3.15. The van der Waals surface area contributed by atoms with Crippen LogP contribution < -0.4 is 5.32 Å². The third-order valence-corrected chi connectivity index (χ3v) is 5.74. The first-order valence-electron chi connectivity index (χ1n) is 8.20. The molecule has 2 saturated heterocycles. The van der Waals surface area contributed by atoms with E-state index in [1.807, 2.05) is 0 Å². The van der Waals surface area contributed by atoms with Gasteiger partial charge in [0.15, 0.2) is 0 Å². The summed E-state index contributed by atoms with van der Waals surface area (Å²) in [6, 6.07) is 0. The molecule has 23 heavy (non-hydrogen) atoms. The maximum atomic E-state index is 12.3. The van der Waals surface area contributed by atoms with Gasteiger partial charge in [-0.2, -0.15) is 0 Å². The van der Waals surface area contributed by atoms with Gasteiger partial charge in [-0.15, -0.1) is 0 Å². The molecule has 3 atom stereocenters. The summed E-state index contributed by atoms with van der Waals surface area (Å²) < 4.78 is 28.2. The van der Waals surface area contributed by atoms with Gasteiger partial charge < -0.3 is 15.0 Å². The second kappa shape index (κ2) is 6.39. The largest absolute Gasteiger partial charge is 0.370 e. The molecule has 2 amide bonds. The minimum absolute atomic E-state index is 0.00316. The number of sulfone groups is 1. The lowest BCUT2D eigenvalue weighted by Crippen LogP contribution is -2.48. The molecule has 1 aliphatic carbocycles. The summed E-state index contributed by atoms with van der Waals surface area (Å²) in [5.41, 5.74) is 0. The van der Waals surface area contributed by atoms with E-state index in [4.69, 9.17) is 4.74 Å². The van der Waals surface area contributed by atoms with Gasteiger partial charge in [0.1, 0.15) is 9.84 Å². The van der Waals surface area contributed by atoms with E-state index in [0.717, 1.165) is 12.8 Å². The van der Waals surface area contributed by atoms with Gasteiger partial charge in [0, 0.05) is 32.3 Å². The van der Waals surface area contributed by atoms with Crippen molar-refractivity contribution in [2.24, 2.45) is 11.8 Å². The molecular formula is C15H24N2O5S. The van der Waals surface area contributed by atoms with E-state index in [-0.39, 0.29) is 42.1 Å². The van der Waals surface area contributed by atoms with Crippen LogP contribution in [0.3, 0.4) is 0 Å². The van der Waals surface area contributed by atoms with Gasteiger partial charge in [-0.25, -0.2) is 8.42 Å². The summed E-state index contributed by atoms with van der Waals surface area (Å²) in [7, 11) is -3.15. The molecule has 130 valence electrons. The van der Waals surface area contributed by atoms with Gasteiger partial charge >= 0.3 is 0 Å². The molecule has 1 saturated carbocycles. The van der Waals surface area contributed by atoms with Gasteiger partial charge in [-0.05, 0) is 25.2 Å². The molecule has 0 aromatic carbocycles. The fourth-order valence-electron chi connectivity index (χ4n) is 3.27. The first-order valence-corrected chi connectivity index (χ1v) is 10.3. The van der Waals surface area contributed by atoms with Crippen LogP contribution in [0.25, 0.3) is 0 Å². The summed E-state index contributed by atoms with van der Waals surface area (Å²) in [6.07, 6.45) is 3.76. The third kappa shape index (κ3) is 4.44. The molecule has 3 unspecified atom stereocenters. The van der Waals surface area contributed by atoms with E-state index in [1.165, 1.54) is 12.8 Å². The Morgan fingerprint density at radius 1 is 1.26 bits per heavy atom. The van der Waals surface area contributed by atoms with Crippen LogP contribution in [0.15, 0.2) is 0 Å². The molecule has 8 heteroatoms. The fraction of sp³-hybridized carbons (Fsp3) is 0.867. The molecule has 2 heterocycles. The van der Waals surface area contributed by atoms with Crippen molar-refractivity contribution in [1.29, 1.82) is 0 Å². The molecule has 0 aromatic heterocycles. The average Bonchev–Trinajstić information content (AvgIpc) is 3.26. The summed E-state index contributed by atoms with van der Waals surface area (Å²) in [5.74, 6) is 0.146. The Hall–Kier alpha value is -1.15. The van der Waals surface area contributed by atoms with Crippen molar-refractivity contribution < 1.29 is 22.7 Å². The predicted octanol–water partition coefficient (Wildman–Crippen LogP) is -0.437. The van der Waals surface area contributed by atoms with Gasteiger partial charge in [-0.3, -0.25) is 9.59 Å². The number of carbonyl (C=O) groups excluding carboxylic acids is 2. The molecular weight excluding hydrogens is 320 g/mol. The normalized spacial score (nSPS) is 30.3. The summed E-state index contributed by atoms with van der Waals surface area (Å²) in [6.45, 7) is 1.57. The van der Waals surface area contributed by atoms with Gasteiger partial charge in [0.2, 0.25) is 11.8 Å². The Balaban J connectivity index is 1.52. The van der Waals surface area contributed by atoms with Crippen LogP contribution in [-0.2, 0) is 24.2 Å². The average molecular weight is 344 g/mol. The van der Waals surface area contributed by atoms with Crippen LogP contribution in [0, 0.1) is 11.8 Å². The molecule has 2 aliphatic heterocycles. The lowest BCUT2D eigenvalue weighted by atomic mass is 9.99. The van der Waals surface area contributed by atoms with Crippen molar-refractivity contribution in [3.8, 4) is 0 Å². The van der Waals surface area contributed by atoms with Crippen LogP contribution in [-0.4, -0.2) is 69.0 Å². The van der Waals surface area contributed by atoms with Crippen molar-refractivity contribution in [2.75, 3.05) is 31.6 Å². The van der Waals surface area contributed by atoms with Crippen molar-refractivity contribution in [3.63, 3.8) is 0 Å². The molecule has 0 radical (unpaired) electrons. The van der Waals surface area contributed by atoms with Crippen LogP contribution >= 0.6 is 0 Å².